The lowest BCUT2D eigenvalue weighted by molar-refractivity contribution is -0.142. The first kappa shape index (κ1) is 16.7. The number of aromatic nitrogens is 2. The second-order valence-electron chi connectivity index (χ2n) is 5.33. The van der Waals surface area contributed by atoms with Crippen molar-refractivity contribution in [2.75, 3.05) is 7.11 Å². The highest BCUT2D eigenvalue weighted by Crippen LogP contribution is 2.16. The van der Waals surface area contributed by atoms with Crippen LogP contribution in [0, 0.1) is 0 Å². The van der Waals surface area contributed by atoms with Crippen LogP contribution in [0.15, 0.2) is 40.1 Å². The molecule has 122 valence electrons. The molecule has 0 aliphatic rings. The maximum absolute atomic E-state index is 12.2. The Morgan fingerprint density at radius 1 is 1.22 bits per heavy atom. The minimum Gasteiger partial charge on any atom is -0.468 e. The molecule has 1 atom stereocenters. The zero-order valence-corrected chi connectivity index (χ0v) is 13.3. The topological polar surface area (TPSA) is 96.3 Å². The third kappa shape index (κ3) is 3.40. The quantitative estimate of drug-likeness (QED) is 0.787. The summed E-state index contributed by atoms with van der Waals surface area (Å²) in [7, 11) is 4.33. The highest BCUT2D eigenvalue weighted by atomic mass is 16.5. The second kappa shape index (κ2) is 6.62. The van der Waals surface area contributed by atoms with Crippen molar-refractivity contribution in [1.29, 1.82) is 0 Å². The Hall–Kier alpha value is -2.67. The van der Waals surface area contributed by atoms with Crippen molar-refractivity contribution in [3.63, 3.8) is 0 Å². The Morgan fingerprint density at radius 2 is 1.83 bits per heavy atom. The Labute approximate surface area is 132 Å². The summed E-state index contributed by atoms with van der Waals surface area (Å²) in [5.41, 5.74) is 6.97. The Bertz CT molecular complexity index is 834. The summed E-state index contributed by atoms with van der Waals surface area (Å²) in [5, 5.41) is 0. The Morgan fingerprint density at radius 3 is 2.39 bits per heavy atom. The van der Waals surface area contributed by atoms with E-state index in [1.807, 2.05) is 0 Å². The van der Waals surface area contributed by atoms with Gasteiger partial charge in [0.2, 0.25) is 0 Å². The van der Waals surface area contributed by atoms with Gasteiger partial charge in [-0.05, 0) is 17.5 Å². The molecule has 0 radical (unpaired) electrons. The van der Waals surface area contributed by atoms with Crippen molar-refractivity contribution in [2.45, 2.75) is 12.5 Å². The van der Waals surface area contributed by atoms with Crippen molar-refractivity contribution in [3.8, 4) is 11.1 Å². The summed E-state index contributed by atoms with van der Waals surface area (Å²) in [6.45, 7) is 0. The summed E-state index contributed by atoms with van der Waals surface area (Å²) < 4.78 is 7.01. The number of carbonyl (C=O) groups excluding carboxylic acids is 1. The molecule has 0 fully saturated rings. The minimum absolute atomic E-state index is 0.345. The van der Waals surface area contributed by atoms with E-state index in [0.717, 1.165) is 10.1 Å². The largest absolute Gasteiger partial charge is 0.468 e. The molecule has 0 unspecified atom stereocenters. The molecular formula is C16H19N3O4. The predicted octanol–water partition coefficient (Wildman–Crippen LogP) is -0.206. The van der Waals surface area contributed by atoms with Gasteiger partial charge in [-0.2, -0.15) is 0 Å². The van der Waals surface area contributed by atoms with Crippen LogP contribution in [-0.2, 0) is 30.0 Å². The summed E-state index contributed by atoms with van der Waals surface area (Å²) in [6.07, 6.45) is 1.86. The molecular weight excluding hydrogens is 298 g/mol. The minimum atomic E-state index is -0.726. The van der Waals surface area contributed by atoms with Crippen LogP contribution in [-0.4, -0.2) is 28.3 Å². The van der Waals surface area contributed by atoms with Crippen LogP contribution in [0.25, 0.3) is 11.1 Å². The van der Waals surface area contributed by atoms with Crippen LogP contribution in [0.4, 0.5) is 0 Å². The Balaban J connectivity index is 2.32. The summed E-state index contributed by atoms with van der Waals surface area (Å²) in [5.74, 6) is -0.471. The fourth-order valence-corrected chi connectivity index (χ4v) is 2.32. The van der Waals surface area contributed by atoms with E-state index in [0.29, 0.717) is 17.5 Å². The lowest BCUT2D eigenvalue weighted by atomic mass is 10.0. The maximum atomic E-state index is 12.2. The van der Waals surface area contributed by atoms with Crippen molar-refractivity contribution in [3.05, 3.63) is 56.9 Å². The number of hydrogen-bond donors (Lipinski definition) is 1. The van der Waals surface area contributed by atoms with E-state index < -0.39 is 12.0 Å². The van der Waals surface area contributed by atoms with Gasteiger partial charge >= 0.3 is 11.7 Å². The molecule has 2 aromatic rings. The van der Waals surface area contributed by atoms with Crippen LogP contribution >= 0.6 is 0 Å². The van der Waals surface area contributed by atoms with Crippen LogP contribution in [0.1, 0.15) is 5.56 Å². The van der Waals surface area contributed by atoms with E-state index in [4.69, 9.17) is 5.73 Å². The number of rotatable bonds is 4. The zero-order valence-electron chi connectivity index (χ0n) is 13.3. The van der Waals surface area contributed by atoms with E-state index >= 15 is 0 Å². The van der Waals surface area contributed by atoms with Crippen molar-refractivity contribution in [2.24, 2.45) is 19.8 Å². The van der Waals surface area contributed by atoms with E-state index in [2.05, 4.69) is 4.74 Å². The molecule has 0 spiro atoms. The first-order chi connectivity index (χ1) is 10.8. The molecule has 0 amide bonds. The molecule has 1 aromatic carbocycles. The highest BCUT2D eigenvalue weighted by molar-refractivity contribution is 5.75. The lowest BCUT2D eigenvalue weighted by Gasteiger charge is -2.10. The van der Waals surface area contributed by atoms with Crippen LogP contribution < -0.4 is 17.0 Å². The van der Waals surface area contributed by atoms with Gasteiger partial charge in [0.15, 0.2) is 0 Å². The van der Waals surface area contributed by atoms with Crippen molar-refractivity contribution >= 4 is 5.97 Å². The monoisotopic (exact) mass is 317 g/mol. The maximum Gasteiger partial charge on any atom is 0.330 e. The average Bonchev–Trinajstić information content (AvgIpc) is 2.56. The number of ether oxygens (including phenoxy) is 1. The molecule has 0 aliphatic carbocycles. The summed E-state index contributed by atoms with van der Waals surface area (Å²) >= 11 is 0. The number of nitrogens with two attached hydrogens (primary N) is 1. The molecule has 0 bridgehead atoms. The fraction of sp³-hybridized carbons (Fsp3) is 0.312. The molecule has 2 rings (SSSR count). The first-order valence-electron chi connectivity index (χ1n) is 7.04. The molecule has 1 heterocycles. The number of nitrogens with zero attached hydrogens (tertiary/aromatic N) is 2. The van der Waals surface area contributed by atoms with Crippen LogP contribution in [0.2, 0.25) is 0 Å². The van der Waals surface area contributed by atoms with Gasteiger partial charge < -0.3 is 15.0 Å². The highest BCUT2D eigenvalue weighted by Gasteiger charge is 2.14. The predicted molar refractivity (Wildman–Crippen MR) is 86.1 cm³/mol. The molecule has 0 aliphatic heterocycles. The molecule has 1 aromatic heterocycles. The summed E-state index contributed by atoms with van der Waals surface area (Å²) in [6, 6.07) is 6.39. The first-order valence-corrected chi connectivity index (χ1v) is 7.04. The van der Waals surface area contributed by atoms with Gasteiger partial charge in [-0.1, -0.05) is 24.3 Å². The van der Waals surface area contributed by atoms with Gasteiger partial charge in [-0.25, -0.2) is 4.79 Å². The van der Waals surface area contributed by atoms with E-state index in [1.165, 1.54) is 24.9 Å². The van der Waals surface area contributed by atoms with Crippen LogP contribution in [0.3, 0.4) is 0 Å². The van der Waals surface area contributed by atoms with E-state index in [-0.39, 0.29) is 11.2 Å². The molecule has 2 N–H and O–H groups in total. The number of esters is 1. The molecule has 23 heavy (non-hydrogen) atoms. The standard InChI is InChI=1S/C16H19N3O4/c1-18-9-12(14(20)19(2)16(18)22)11-6-4-10(5-7-11)8-13(17)15(21)23-3/h4-7,9,13H,8,17H2,1-3H3/t13-/m0/s1. The number of aryl methyl sites for hydroxylation is 1. The van der Waals surface area contributed by atoms with Gasteiger partial charge in [-0.15, -0.1) is 0 Å². The second-order valence-corrected chi connectivity index (χ2v) is 5.33. The number of methoxy groups -OCH3 is 1. The number of hydrogen-bond acceptors (Lipinski definition) is 5. The SMILES string of the molecule is COC(=O)[C@@H](N)Cc1ccc(-c2cn(C)c(=O)n(C)c2=O)cc1. The van der Waals surface area contributed by atoms with Gasteiger partial charge in [0, 0.05) is 20.3 Å². The van der Waals surface area contributed by atoms with Crippen LogP contribution in [0.5, 0.6) is 0 Å². The summed E-state index contributed by atoms with van der Waals surface area (Å²) in [4.78, 5) is 35.2. The zero-order chi connectivity index (χ0) is 17.1. The van der Waals surface area contributed by atoms with Gasteiger partial charge in [-0.3, -0.25) is 14.2 Å². The van der Waals surface area contributed by atoms with Gasteiger partial charge in [0.25, 0.3) is 5.56 Å². The smallest absolute Gasteiger partial charge is 0.330 e. The van der Waals surface area contributed by atoms with Gasteiger partial charge in [0.05, 0.1) is 12.7 Å². The van der Waals surface area contributed by atoms with Crippen molar-refractivity contribution in [1.82, 2.24) is 9.13 Å². The molecule has 0 saturated carbocycles. The van der Waals surface area contributed by atoms with E-state index in [1.54, 1.807) is 31.3 Å². The molecule has 7 heteroatoms. The van der Waals surface area contributed by atoms with Crippen molar-refractivity contribution < 1.29 is 9.53 Å². The lowest BCUT2D eigenvalue weighted by Crippen LogP contribution is -2.37. The molecule has 0 saturated heterocycles. The van der Waals surface area contributed by atoms with Gasteiger partial charge in [0.1, 0.15) is 6.04 Å². The number of carbonyl (C=O) groups is 1. The normalized spacial score (nSPS) is 12.0. The number of benzene rings is 1. The average molecular weight is 317 g/mol. The fourth-order valence-electron chi connectivity index (χ4n) is 2.32. The molecule has 7 nitrogen and oxygen atoms in total. The third-order valence-electron chi connectivity index (χ3n) is 3.67. The Kier molecular flexibility index (Phi) is 4.80. The van der Waals surface area contributed by atoms with E-state index in [9.17, 15) is 14.4 Å². The third-order valence-corrected chi connectivity index (χ3v) is 3.67.